The van der Waals surface area contributed by atoms with Crippen molar-refractivity contribution in [2.75, 3.05) is 32.8 Å². The minimum Gasteiger partial charge on any atom is -0.370 e. The Morgan fingerprint density at radius 3 is 2.83 bits per heavy atom. The van der Waals surface area contributed by atoms with E-state index in [0.717, 1.165) is 23.5 Å². The van der Waals surface area contributed by atoms with Crippen LogP contribution in [0.3, 0.4) is 0 Å². The van der Waals surface area contributed by atoms with E-state index in [9.17, 15) is 14.4 Å². The monoisotopic (exact) mass is 476 g/mol. The Morgan fingerprint density at radius 2 is 2.09 bits per heavy atom. The fraction of sp³-hybridized carbons (Fsp3) is 0.417. The van der Waals surface area contributed by atoms with E-state index < -0.39 is 5.82 Å². The van der Waals surface area contributed by atoms with Crippen LogP contribution in [-0.2, 0) is 16.0 Å². The van der Waals surface area contributed by atoms with Gasteiger partial charge in [0.1, 0.15) is 18.2 Å². The molecule has 2 saturated heterocycles. The summed E-state index contributed by atoms with van der Waals surface area (Å²) >= 11 is 0. The van der Waals surface area contributed by atoms with Crippen LogP contribution >= 0.6 is 0 Å². The largest absolute Gasteiger partial charge is 0.370 e. The fourth-order valence-electron chi connectivity index (χ4n) is 4.86. The molecule has 2 aromatic heterocycles. The third-order valence-corrected chi connectivity index (χ3v) is 6.81. The van der Waals surface area contributed by atoms with E-state index in [0.29, 0.717) is 37.5 Å². The summed E-state index contributed by atoms with van der Waals surface area (Å²) < 4.78 is 21.6. The molecule has 1 amide bonds. The molecule has 35 heavy (non-hydrogen) atoms. The number of carbonyl (C=O) groups excluding carboxylic acids is 1. The zero-order valence-electron chi connectivity index (χ0n) is 19.6. The average molecular weight is 477 g/mol. The molecule has 0 unspecified atom stereocenters. The number of benzene rings is 1. The van der Waals surface area contributed by atoms with Gasteiger partial charge in [-0.3, -0.25) is 14.7 Å². The Balaban J connectivity index is 1.21. The second-order valence-corrected chi connectivity index (χ2v) is 8.90. The van der Waals surface area contributed by atoms with Crippen molar-refractivity contribution in [2.45, 2.75) is 32.4 Å². The van der Waals surface area contributed by atoms with Crippen molar-refractivity contribution in [3.05, 3.63) is 64.5 Å². The smallest absolute Gasteiger partial charge is 0.228 e. The summed E-state index contributed by atoms with van der Waals surface area (Å²) in [7, 11) is 0. The molecule has 4 heterocycles. The number of aryl methyl sites for hydroxylation is 1. The van der Waals surface area contributed by atoms with Gasteiger partial charge in [0.25, 0.3) is 0 Å². The minimum atomic E-state index is -0.510. The molecular weight excluding hydrogens is 451 g/mol. The van der Waals surface area contributed by atoms with Crippen LogP contribution < -0.4 is 0 Å². The Bertz CT molecular complexity index is 1290. The maximum Gasteiger partial charge on any atom is 0.228 e. The third kappa shape index (κ3) is 4.50. The second kappa shape index (κ2) is 9.48. The van der Waals surface area contributed by atoms with Crippen LogP contribution in [0.2, 0.25) is 0 Å². The zero-order valence-corrected chi connectivity index (χ0v) is 19.6. The van der Waals surface area contributed by atoms with Gasteiger partial charge >= 0.3 is 0 Å². The molecule has 0 aliphatic carbocycles. The van der Waals surface area contributed by atoms with Crippen LogP contribution in [0.25, 0.3) is 5.69 Å². The summed E-state index contributed by atoms with van der Waals surface area (Å²) in [6, 6.07) is 8.77. The van der Waals surface area contributed by atoms with Crippen LogP contribution in [0.5, 0.6) is 0 Å². The summed E-state index contributed by atoms with van der Waals surface area (Å²) in [6.45, 7) is 6.66. The molecule has 0 radical (unpaired) electrons. The lowest BCUT2D eigenvalue weighted by Crippen LogP contribution is -2.59. The van der Waals surface area contributed by atoms with Crippen molar-refractivity contribution >= 4 is 5.91 Å². The van der Waals surface area contributed by atoms with Crippen molar-refractivity contribution in [1.29, 1.82) is 5.26 Å². The van der Waals surface area contributed by atoms with Crippen LogP contribution in [0, 0.1) is 31.0 Å². The number of fused-ring (bicyclic) bond motifs is 1. The lowest BCUT2D eigenvalue weighted by atomic mass is 9.96. The molecule has 0 bridgehead atoms. The lowest BCUT2D eigenvalue weighted by Gasteiger charge is -2.46. The molecule has 2 aliphatic heterocycles. The first-order valence-electron chi connectivity index (χ1n) is 11.5. The summed E-state index contributed by atoms with van der Waals surface area (Å²) in [6.07, 6.45) is 1.50. The van der Waals surface area contributed by atoms with E-state index >= 15 is 0 Å². The van der Waals surface area contributed by atoms with E-state index in [1.54, 1.807) is 13.0 Å². The topological polar surface area (TPSA) is 113 Å². The quantitative estimate of drug-likeness (QED) is 0.557. The summed E-state index contributed by atoms with van der Waals surface area (Å²) in [5.74, 6) is -0.480. The Kier molecular flexibility index (Phi) is 6.23. The number of tetrazole rings is 1. The van der Waals surface area contributed by atoms with E-state index in [1.165, 1.54) is 17.1 Å². The molecule has 11 heteroatoms. The first-order chi connectivity index (χ1) is 16.9. The number of morpholine rings is 1. The zero-order chi connectivity index (χ0) is 24.5. The molecule has 2 fully saturated rings. The van der Waals surface area contributed by atoms with Crippen molar-refractivity contribution in [3.63, 3.8) is 0 Å². The predicted octanol–water partition coefficient (Wildman–Crippen LogP) is 1.51. The number of halogens is 1. The predicted molar refractivity (Wildman–Crippen MR) is 122 cm³/mol. The van der Waals surface area contributed by atoms with Gasteiger partial charge < -0.3 is 9.64 Å². The van der Waals surface area contributed by atoms with Gasteiger partial charge in [-0.1, -0.05) is 6.07 Å². The molecule has 2 atom stereocenters. The molecule has 3 aromatic rings. The summed E-state index contributed by atoms with van der Waals surface area (Å²) in [5, 5.41) is 20.4. The molecule has 5 rings (SSSR count). The lowest BCUT2D eigenvalue weighted by molar-refractivity contribution is -0.139. The van der Waals surface area contributed by atoms with Crippen LogP contribution in [-0.4, -0.2) is 79.7 Å². The van der Waals surface area contributed by atoms with Gasteiger partial charge in [0.2, 0.25) is 5.91 Å². The molecule has 0 saturated carbocycles. The number of nitriles is 1. The van der Waals surface area contributed by atoms with E-state index in [4.69, 9.17) is 4.74 Å². The van der Waals surface area contributed by atoms with Gasteiger partial charge in [-0.15, -0.1) is 5.10 Å². The van der Waals surface area contributed by atoms with Gasteiger partial charge in [-0.2, -0.15) is 9.94 Å². The highest BCUT2D eigenvalue weighted by molar-refractivity contribution is 5.78. The van der Waals surface area contributed by atoms with Gasteiger partial charge in [0.05, 0.1) is 47.8 Å². The van der Waals surface area contributed by atoms with Gasteiger partial charge in [0.15, 0.2) is 0 Å². The number of hydrogen-bond acceptors (Lipinski definition) is 8. The van der Waals surface area contributed by atoms with E-state index in [2.05, 4.69) is 25.4 Å². The Morgan fingerprint density at radius 1 is 1.23 bits per heavy atom. The molecule has 10 nitrogen and oxygen atoms in total. The number of rotatable bonds is 4. The number of amides is 1. The molecule has 0 N–H and O–H groups in total. The fourth-order valence-corrected chi connectivity index (χ4v) is 4.86. The standard InChI is InChI=1S/C24H25FN8O2/c1-15-19(4-5-21(25)20(15)10-26)23-12-31-7-8-32(11-18(31)13-35-23)24(34)9-17-3-6-22(16(2)28-17)33-14-27-29-30-33/h3-6,14,18,23H,7-9,11-13H2,1-2H3/t18-,23-/m1/s1. The summed E-state index contributed by atoms with van der Waals surface area (Å²) in [4.78, 5) is 21.8. The van der Waals surface area contributed by atoms with Crippen molar-refractivity contribution in [2.24, 2.45) is 0 Å². The minimum absolute atomic E-state index is 0.0295. The van der Waals surface area contributed by atoms with Crippen molar-refractivity contribution < 1.29 is 13.9 Å². The van der Waals surface area contributed by atoms with Crippen LogP contribution in [0.4, 0.5) is 4.39 Å². The van der Waals surface area contributed by atoms with E-state index in [-0.39, 0.29) is 30.0 Å². The maximum absolute atomic E-state index is 13.9. The second-order valence-electron chi connectivity index (χ2n) is 8.90. The van der Waals surface area contributed by atoms with Crippen LogP contribution in [0.15, 0.2) is 30.6 Å². The molecule has 0 spiro atoms. The maximum atomic E-state index is 13.9. The Labute approximate surface area is 201 Å². The van der Waals surface area contributed by atoms with Gasteiger partial charge in [0, 0.05) is 26.2 Å². The number of ether oxygens (including phenoxy) is 1. The SMILES string of the molecule is Cc1nc(CC(=O)N2CCN3C[C@H](c4ccc(F)c(C#N)c4C)OC[C@H]3C2)ccc1-n1cnnn1. The van der Waals surface area contributed by atoms with Gasteiger partial charge in [-0.05, 0) is 53.6 Å². The molecule has 1 aromatic carbocycles. The third-order valence-electron chi connectivity index (χ3n) is 6.81. The molecule has 180 valence electrons. The van der Waals surface area contributed by atoms with Gasteiger partial charge in [-0.25, -0.2) is 4.39 Å². The van der Waals surface area contributed by atoms with Crippen molar-refractivity contribution in [3.8, 4) is 11.8 Å². The first-order valence-corrected chi connectivity index (χ1v) is 11.5. The highest BCUT2D eigenvalue weighted by Gasteiger charge is 2.36. The highest BCUT2D eigenvalue weighted by atomic mass is 19.1. The highest BCUT2D eigenvalue weighted by Crippen LogP contribution is 2.31. The molecule has 2 aliphatic rings. The number of carbonyl (C=O) groups is 1. The average Bonchev–Trinajstić information content (AvgIpc) is 3.38. The number of nitrogens with zero attached hydrogens (tertiary/aromatic N) is 8. The first kappa shape index (κ1) is 23.0. The number of aromatic nitrogens is 5. The number of hydrogen-bond donors (Lipinski definition) is 0. The normalized spacial score (nSPS) is 20.3. The van der Waals surface area contributed by atoms with E-state index in [1.807, 2.05) is 30.0 Å². The summed E-state index contributed by atoms with van der Waals surface area (Å²) in [5.41, 5.74) is 3.75. The van der Waals surface area contributed by atoms with Crippen molar-refractivity contribution in [1.82, 2.24) is 35.0 Å². The molecular formula is C24H25FN8O2. The van der Waals surface area contributed by atoms with Crippen LogP contribution in [0.1, 0.15) is 34.2 Å². The number of pyridine rings is 1. The Hall–Kier alpha value is -3.75. The number of piperazine rings is 1.